The summed E-state index contributed by atoms with van der Waals surface area (Å²) in [5.74, 6) is -0.128. The van der Waals surface area contributed by atoms with Crippen molar-refractivity contribution < 1.29 is 18.0 Å². The number of aromatic nitrogens is 1. The fourth-order valence-corrected chi connectivity index (χ4v) is 13.5. The van der Waals surface area contributed by atoms with Crippen molar-refractivity contribution in [1.82, 2.24) is 19.1 Å². The molecule has 2 saturated heterocycles. The molecule has 4 saturated carbocycles. The highest BCUT2D eigenvalue weighted by atomic mass is 32.2. The predicted molar refractivity (Wildman–Crippen MR) is 185 cm³/mol. The number of hydrogen-bond donors (Lipinski definition) is 1. The second-order valence-electron chi connectivity index (χ2n) is 16.6. The molecule has 7 aliphatic rings. The molecular weight excluding hydrogens is 621 g/mol. The van der Waals surface area contributed by atoms with Gasteiger partial charge in [0.25, 0.3) is 5.91 Å². The molecule has 4 atom stereocenters. The molecule has 4 heterocycles. The van der Waals surface area contributed by atoms with Crippen molar-refractivity contribution in [2.45, 2.75) is 101 Å². The number of rotatable bonds is 5. The summed E-state index contributed by atoms with van der Waals surface area (Å²) in [6.45, 7) is 5.62. The standard InChI is InChI=1S/C39H46N4O4S/c1-24-9-13-30-27(17-24)18-28(36(45)42-22-38-16-6-15-37(38)21-41(2)39(37,38)23-42)20-43-32-19-26(35(44)40-48(46,47)29-11-12-29)10-14-31(32)33(34(30)43)25-7-4-3-5-8-25/h9-10,13-14,17,19,25,28-29H,3-8,11-12,15-16,18,20-23H2,1-2H3,(H,40,44). The van der Waals surface area contributed by atoms with Gasteiger partial charge in [-0.1, -0.05) is 55.5 Å². The zero-order valence-corrected chi connectivity index (χ0v) is 29.0. The van der Waals surface area contributed by atoms with Crippen molar-refractivity contribution in [3.05, 3.63) is 58.7 Å². The lowest BCUT2D eigenvalue weighted by atomic mass is 9.81. The smallest absolute Gasteiger partial charge is 0.264 e. The first-order valence-corrected chi connectivity index (χ1v) is 20.0. The number of nitrogens with zero attached hydrogens (tertiary/aromatic N) is 3. The van der Waals surface area contributed by atoms with Gasteiger partial charge in [-0.05, 0) is 88.1 Å². The number of amides is 2. The van der Waals surface area contributed by atoms with Gasteiger partial charge in [-0.15, -0.1) is 0 Å². The van der Waals surface area contributed by atoms with Crippen LogP contribution < -0.4 is 4.72 Å². The maximum Gasteiger partial charge on any atom is 0.264 e. The number of sulfonamides is 1. The number of hydrogen-bond acceptors (Lipinski definition) is 5. The molecular formula is C39H46N4O4S. The summed E-state index contributed by atoms with van der Waals surface area (Å²) in [6.07, 6.45) is 11.7. The Kier molecular flexibility index (Phi) is 6.03. The zero-order valence-electron chi connectivity index (χ0n) is 28.2. The van der Waals surface area contributed by atoms with Crippen LogP contribution in [0.2, 0.25) is 0 Å². The van der Waals surface area contributed by atoms with Crippen LogP contribution in [0.3, 0.4) is 0 Å². The lowest BCUT2D eigenvalue weighted by Gasteiger charge is -2.46. The van der Waals surface area contributed by atoms with Crippen molar-refractivity contribution in [3.63, 3.8) is 0 Å². The highest BCUT2D eigenvalue weighted by molar-refractivity contribution is 7.91. The number of benzene rings is 2. The van der Waals surface area contributed by atoms with Crippen LogP contribution >= 0.6 is 0 Å². The Morgan fingerprint density at radius 3 is 2.40 bits per heavy atom. The Morgan fingerprint density at radius 1 is 0.896 bits per heavy atom. The molecule has 6 fully saturated rings. The van der Waals surface area contributed by atoms with Crippen molar-refractivity contribution >= 4 is 32.7 Å². The monoisotopic (exact) mass is 666 g/mol. The van der Waals surface area contributed by atoms with Gasteiger partial charge >= 0.3 is 0 Å². The topological polar surface area (TPSA) is 91.7 Å². The number of fused-ring (bicyclic) bond motifs is 5. The molecule has 4 unspecified atom stereocenters. The summed E-state index contributed by atoms with van der Waals surface area (Å²) < 4.78 is 30.1. The van der Waals surface area contributed by atoms with Gasteiger partial charge in [0.2, 0.25) is 15.9 Å². The van der Waals surface area contributed by atoms with Crippen LogP contribution in [0.4, 0.5) is 0 Å². The molecule has 3 aromatic rings. The first kappa shape index (κ1) is 29.7. The maximum absolute atomic E-state index is 14.8. The molecule has 2 aromatic carbocycles. The summed E-state index contributed by atoms with van der Waals surface area (Å²) in [7, 11) is -1.41. The van der Waals surface area contributed by atoms with Gasteiger partial charge in [0.05, 0.1) is 22.4 Å². The molecule has 252 valence electrons. The summed E-state index contributed by atoms with van der Waals surface area (Å²) >= 11 is 0. The average molecular weight is 667 g/mol. The van der Waals surface area contributed by atoms with Crippen LogP contribution in [-0.4, -0.2) is 72.1 Å². The first-order valence-electron chi connectivity index (χ1n) is 18.4. The van der Waals surface area contributed by atoms with E-state index in [1.54, 1.807) is 6.07 Å². The highest BCUT2D eigenvalue weighted by Gasteiger charge is 2.97. The molecule has 48 heavy (non-hydrogen) atoms. The summed E-state index contributed by atoms with van der Waals surface area (Å²) in [5, 5.41) is 0.661. The van der Waals surface area contributed by atoms with Gasteiger partial charge in [0, 0.05) is 59.0 Å². The zero-order chi connectivity index (χ0) is 32.8. The van der Waals surface area contributed by atoms with E-state index in [0.29, 0.717) is 42.7 Å². The van der Waals surface area contributed by atoms with Gasteiger partial charge in [-0.2, -0.15) is 0 Å². The van der Waals surface area contributed by atoms with Crippen LogP contribution in [0, 0.1) is 23.7 Å². The Morgan fingerprint density at radius 2 is 1.67 bits per heavy atom. The first-order chi connectivity index (χ1) is 23.1. The number of likely N-dealkylation sites (tertiary alicyclic amines) is 2. The normalized spacial score (nSPS) is 32.5. The van der Waals surface area contributed by atoms with Crippen molar-refractivity contribution in [2.24, 2.45) is 16.7 Å². The summed E-state index contributed by atoms with van der Waals surface area (Å²) in [6, 6.07) is 12.5. The van der Waals surface area contributed by atoms with Gasteiger partial charge in [0.1, 0.15) is 0 Å². The van der Waals surface area contributed by atoms with Crippen LogP contribution in [0.5, 0.6) is 0 Å². The van der Waals surface area contributed by atoms with Gasteiger partial charge < -0.3 is 9.47 Å². The quantitative estimate of drug-likeness (QED) is 0.374. The number of likely N-dealkylation sites (N-methyl/N-ethyl adjacent to an activating group) is 1. The van der Waals surface area contributed by atoms with E-state index in [-0.39, 0.29) is 22.8 Å². The number of carbonyl (C=O) groups excluding carboxylic acids is 2. The molecule has 8 nitrogen and oxygen atoms in total. The van der Waals surface area contributed by atoms with E-state index in [4.69, 9.17) is 0 Å². The highest BCUT2D eigenvalue weighted by Crippen LogP contribution is 2.89. The lowest BCUT2D eigenvalue weighted by Crippen LogP contribution is -2.59. The molecule has 0 radical (unpaired) electrons. The molecule has 0 bridgehead atoms. The third-order valence-electron chi connectivity index (χ3n) is 14.3. The minimum absolute atomic E-state index is 0.190. The Bertz CT molecular complexity index is 2030. The van der Waals surface area contributed by atoms with E-state index in [9.17, 15) is 18.0 Å². The molecule has 9 heteroatoms. The number of carbonyl (C=O) groups is 2. The summed E-state index contributed by atoms with van der Waals surface area (Å²) in [4.78, 5) is 33.0. The van der Waals surface area contributed by atoms with E-state index >= 15 is 0 Å². The van der Waals surface area contributed by atoms with Gasteiger partial charge in [-0.25, -0.2) is 13.1 Å². The fourth-order valence-electron chi connectivity index (χ4n) is 12.2. The molecule has 10 rings (SSSR count). The van der Waals surface area contributed by atoms with E-state index in [1.165, 1.54) is 73.0 Å². The van der Waals surface area contributed by atoms with Crippen molar-refractivity contribution in [2.75, 3.05) is 26.7 Å². The Labute approximate surface area is 283 Å². The van der Waals surface area contributed by atoms with Crippen LogP contribution in [0.25, 0.3) is 22.2 Å². The molecule has 4 aliphatic carbocycles. The van der Waals surface area contributed by atoms with Crippen molar-refractivity contribution in [1.29, 1.82) is 0 Å². The Balaban J connectivity index is 1.09. The molecule has 1 N–H and O–H groups in total. The second-order valence-corrected chi connectivity index (χ2v) is 18.6. The number of nitrogens with one attached hydrogen (secondary N) is 1. The van der Waals surface area contributed by atoms with Gasteiger partial charge in [-0.3, -0.25) is 14.5 Å². The molecule has 3 spiro atoms. The largest absolute Gasteiger partial charge is 0.340 e. The van der Waals surface area contributed by atoms with E-state index < -0.39 is 21.2 Å². The predicted octanol–water partition coefficient (Wildman–Crippen LogP) is 5.76. The second kappa shape index (κ2) is 9.75. The van der Waals surface area contributed by atoms with Gasteiger partial charge in [0.15, 0.2) is 0 Å². The Hall–Kier alpha value is -3.17. The average Bonchev–Trinajstić information content (AvgIpc) is 3.84. The minimum Gasteiger partial charge on any atom is -0.340 e. The van der Waals surface area contributed by atoms with E-state index in [0.717, 1.165) is 36.8 Å². The molecule has 2 amide bonds. The SMILES string of the molecule is Cc1ccc2c(c1)CC(C(=O)N1CC34CCCC35CN(C)C45C1)Cn1c-2c(C2CCCCC2)c2ccc(C(=O)NS(=O)(=O)C3CC3)cc21. The third kappa shape index (κ3) is 3.67. The van der Waals surface area contributed by atoms with Crippen LogP contribution in [0.1, 0.15) is 97.2 Å². The van der Waals surface area contributed by atoms with Crippen molar-refractivity contribution in [3.8, 4) is 11.3 Å². The lowest BCUT2D eigenvalue weighted by molar-refractivity contribution is -0.137. The minimum atomic E-state index is -3.67. The fraction of sp³-hybridized carbons (Fsp3) is 0.590. The number of piperidine rings is 1. The van der Waals surface area contributed by atoms with Crippen LogP contribution in [-0.2, 0) is 27.8 Å². The summed E-state index contributed by atoms with van der Waals surface area (Å²) in [5.41, 5.74) is 8.37. The van der Waals surface area contributed by atoms with Crippen LogP contribution in [0.15, 0.2) is 36.4 Å². The number of aryl methyl sites for hydroxylation is 1. The van der Waals surface area contributed by atoms with E-state index in [1.807, 2.05) is 12.1 Å². The maximum atomic E-state index is 14.8. The molecule has 3 aliphatic heterocycles. The third-order valence-corrected chi connectivity index (χ3v) is 16.1. The van der Waals surface area contributed by atoms with E-state index in [2.05, 4.69) is 51.3 Å². The molecule has 1 aromatic heterocycles.